The highest BCUT2D eigenvalue weighted by atomic mass is 35.5. The lowest BCUT2D eigenvalue weighted by Crippen LogP contribution is -2.06. The topological polar surface area (TPSA) is 39.4 Å². The molecule has 0 N–H and O–H groups in total. The zero-order chi connectivity index (χ0) is 16.4. The molecule has 0 atom stereocenters. The van der Waals surface area contributed by atoms with Gasteiger partial charge in [-0.3, -0.25) is 0 Å². The van der Waals surface area contributed by atoms with Gasteiger partial charge in [-0.15, -0.1) is 0 Å². The third-order valence-electron chi connectivity index (χ3n) is 3.61. The molecule has 2 aromatic carbocycles. The first-order valence-corrected chi connectivity index (χ1v) is 7.51. The predicted octanol–water partition coefficient (Wildman–Crippen LogP) is 4.94. The average Bonchev–Trinajstić information content (AvgIpc) is 2.55. The molecule has 3 nitrogen and oxygen atoms in total. The number of halogens is 1. The minimum Gasteiger partial charge on any atom is -0.497 e. The van der Waals surface area contributed by atoms with Gasteiger partial charge >= 0.3 is 5.63 Å². The van der Waals surface area contributed by atoms with E-state index in [1.807, 2.05) is 42.5 Å². The van der Waals surface area contributed by atoms with Crippen molar-refractivity contribution in [1.82, 2.24) is 0 Å². The highest BCUT2D eigenvalue weighted by Crippen LogP contribution is 2.31. The summed E-state index contributed by atoms with van der Waals surface area (Å²) in [5.74, 6) is 1.30. The van der Waals surface area contributed by atoms with Crippen LogP contribution in [0.5, 0.6) is 5.75 Å². The summed E-state index contributed by atoms with van der Waals surface area (Å²) in [6, 6.07) is 16.6. The van der Waals surface area contributed by atoms with E-state index >= 15 is 0 Å². The van der Waals surface area contributed by atoms with Gasteiger partial charge in [0.2, 0.25) is 0 Å². The third kappa shape index (κ3) is 3.15. The van der Waals surface area contributed by atoms with Gasteiger partial charge in [0.25, 0.3) is 0 Å². The van der Waals surface area contributed by atoms with Gasteiger partial charge in [-0.1, -0.05) is 35.9 Å². The fraction of sp³-hybridized carbons (Fsp3) is 0.105. The maximum absolute atomic E-state index is 12.4. The summed E-state index contributed by atoms with van der Waals surface area (Å²) in [5.41, 5.74) is 2.68. The molecule has 3 rings (SSSR count). The van der Waals surface area contributed by atoms with Crippen LogP contribution in [-0.2, 0) is 0 Å². The van der Waals surface area contributed by atoms with Crippen LogP contribution in [0.3, 0.4) is 0 Å². The largest absolute Gasteiger partial charge is 0.497 e. The lowest BCUT2D eigenvalue weighted by molar-refractivity contribution is 0.415. The summed E-state index contributed by atoms with van der Waals surface area (Å²) in [4.78, 5) is 12.4. The summed E-state index contributed by atoms with van der Waals surface area (Å²) >= 11 is 5.96. The standard InChI is InChI=1S/C19H15ClO3/c1-12-11-17(13-3-7-15(20)8-4-13)18(19(21)23-12)14-5-9-16(22-2)10-6-14/h3-11H,1-2H3. The Morgan fingerprint density at radius 3 is 2.17 bits per heavy atom. The highest BCUT2D eigenvalue weighted by molar-refractivity contribution is 6.30. The molecule has 0 bridgehead atoms. The Morgan fingerprint density at radius 1 is 0.957 bits per heavy atom. The molecule has 4 heteroatoms. The average molecular weight is 327 g/mol. The van der Waals surface area contributed by atoms with E-state index in [-0.39, 0.29) is 5.63 Å². The van der Waals surface area contributed by atoms with Crippen molar-refractivity contribution in [3.05, 3.63) is 75.8 Å². The Balaban J connectivity index is 2.22. The van der Waals surface area contributed by atoms with Crippen LogP contribution < -0.4 is 10.4 Å². The number of rotatable bonds is 3. The summed E-state index contributed by atoms with van der Waals surface area (Å²) in [5, 5.41) is 0.652. The Hall–Kier alpha value is -2.52. The Labute approximate surface area is 139 Å². The number of hydrogen-bond donors (Lipinski definition) is 0. The van der Waals surface area contributed by atoms with Crippen LogP contribution in [0.2, 0.25) is 5.02 Å². The second kappa shape index (κ2) is 6.31. The quantitative estimate of drug-likeness (QED) is 0.684. The third-order valence-corrected chi connectivity index (χ3v) is 3.86. The van der Waals surface area contributed by atoms with Crippen molar-refractivity contribution in [3.8, 4) is 28.0 Å². The molecule has 0 saturated heterocycles. The van der Waals surface area contributed by atoms with Crippen molar-refractivity contribution in [1.29, 1.82) is 0 Å². The molecule has 0 fully saturated rings. The number of aryl methyl sites for hydroxylation is 1. The monoisotopic (exact) mass is 326 g/mol. The van der Waals surface area contributed by atoms with Gasteiger partial charge in [0.1, 0.15) is 11.5 Å². The lowest BCUT2D eigenvalue weighted by Gasteiger charge is -2.10. The molecular formula is C19H15ClO3. The van der Waals surface area contributed by atoms with E-state index in [2.05, 4.69) is 0 Å². The van der Waals surface area contributed by atoms with Crippen LogP contribution in [0, 0.1) is 6.92 Å². The zero-order valence-corrected chi connectivity index (χ0v) is 13.6. The maximum atomic E-state index is 12.4. The molecule has 0 aliphatic rings. The van der Waals surface area contributed by atoms with Gasteiger partial charge in [-0.2, -0.15) is 0 Å². The minimum absolute atomic E-state index is 0.361. The maximum Gasteiger partial charge on any atom is 0.344 e. The van der Waals surface area contributed by atoms with Crippen molar-refractivity contribution in [2.45, 2.75) is 6.92 Å². The van der Waals surface area contributed by atoms with Crippen LogP contribution in [0.4, 0.5) is 0 Å². The molecule has 0 unspecified atom stereocenters. The first-order chi connectivity index (χ1) is 11.1. The molecule has 0 aliphatic carbocycles. The van der Waals surface area contributed by atoms with Crippen LogP contribution in [-0.4, -0.2) is 7.11 Å². The van der Waals surface area contributed by atoms with E-state index in [9.17, 15) is 4.79 Å². The molecule has 1 heterocycles. The van der Waals surface area contributed by atoms with E-state index in [1.165, 1.54) is 0 Å². The number of benzene rings is 2. The molecule has 0 radical (unpaired) electrons. The van der Waals surface area contributed by atoms with Gasteiger partial charge in [0, 0.05) is 10.6 Å². The molecule has 0 spiro atoms. The predicted molar refractivity (Wildman–Crippen MR) is 92.1 cm³/mol. The fourth-order valence-electron chi connectivity index (χ4n) is 2.50. The molecule has 116 valence electrons. The van der Waals surface area contributed by atoms with E-state index in [0.717, 1.165) is 22.4 Å². The van der Waals surface area contributed by atoms with E-state index < -0.39 is 0 Å². The van der Waals surface area contributed by atoms with Crippen LogP contribution in [0.15, 0.2) is 63.8 Å². The second-order valence-corrected chi connectivity index (χ2v) is 5.61. The van der Waals surface area contributed by atoms with Gasteiger partial charge in [-0.25, -0.2) is 4.79 Å². The first kappa shape index (κ1) is 15.4. The fourth-order valence-corrected chi connectivity index (χ4v) is 2.63. The molecule has 3 aromatic rings. The van der Waals surface area contributed by atoms with Crippen molar-refractivity contribution < 1.29 is 9.15 Å². The normalized spacial score (nSPS) is 10.6. The number of ether oxygens (including phenoxy) is 1. The summed E-state index contributed by atoms with van der Waals surface area (Å²) in [6.45, 7) is 1.76. The number of methoxy groups -OCH3 is 1. The lowest BCUT2D eigenvalue weighted by atomic mass is 9.96. The molecule has 0 amide bonds. The van der Waals surface area contributed by atoms with Crippen molar-refractivity contribution in [2.75, 3.05) is 7.11 Å². The van der Waals surface area contributed by atoms with Gasteiger partial charge in [0.15, 0.2) is 0 Å². The number of hydrogen-bond acceptors (Lipinski definition) is 3. The van der Waals surface area contributed by atoms with Gasteiger partial charge in [0.05, 0.1) is 12.7 Å². The van der Waals surface area contributed by atoms with E-state index in [0.29, 0.717) is 16.3 Å². The Kier molecular flexibility index (Phi) is 4.22. The summed E-state index contributed by atoms with van der Waals surface area (Å²) < 4.78 is 10.5. The van der Waals surface area contributed by atoms with Gasteiger partial charge < -0.3 is 9.15 Å². The molecule has 0 saturated carbocycles. The van der Waals surface area contributed by atoms with Crippen molar-refractivity contribution >= 4 is 11.6 Å². The summed E-state index contributed by atoms with van der Waals surface area (Å²) in [6.07, 6.45) is 0. The molecule has 0 aliphatic heterocycles. The van der Waals surface area contributed by atoms with Crippen molar-refractivity contribution in [3.63, 3.8) is 0 Å². The van der Waals surface area contributed by atoms with Crippen LogP contribution in [0.25, 0.3) is 22.3 Å². The van der Waals surface area contributed by atoms with Crippen LogP contribution >= 0.6 is 11.6 Å². The molecule has 23 heavy (non-hydrogen) atoms. The van der Waals surface area contributed by atoms with E-state index in [4.69, 9.17) is 20.8 Å². The molecular weight excluding hydrogens is 312 g/mol. The minimum atomic E-state index is -0.361. The zero-order valence-electron chi connectivity index (χ0n) is 12.8. The summed E-state index contributed by atoms with van der Waals surface area (Å²) in [7, 11) is 1.61. The second-order valence-electron chi connectivity index (χ2n) is 5.17. The van der Waals surface area contributed by atoms with Gasteiger partial charge in [-0.05, 0) is 48.4 Å². The van der Waals surface area contributed by atoms with Crippen molar-refractivity contribution in [2.24, 2.45) is 0 Å². The first-order valence-electron chi connectivity index (χ1n) is 7.13. The van der Waals surface area contributed by atoms with E-state index in [1.54, 1.807) is 26.2 Å². The highest BCUT2D eigenvalue weighted by Gasteiger charge is 2.14. The Bertz CT molecular complexity index is 878. The Morgan fingerprint density at radius 2 is 1.57 bits per heavy atom. The molecule has 1 aromatic heterocycles. The van der Waals surface area contributed by atoms with Crippen LogP contribution in [0.1, 0.15) is 5.76 Å². The smallest absolute Gasteiger partial charge is 0.344 e. The SMILES string of the molecule is COc1ccc(-c2c(-c3ccc(Cl)cc3)cc(C)oc2=O)cc1.